The lowest BCUT2D eigenvalue weighted by molar-refractivity contribution is -0.243. The van der Waals surface area contributed by atoms with Gasteiger partial charge in [0.25, 0.3) is 0 Å². The standard InChI is InChI=1S/C31H48O7/c1-26(25(37)38-6)11-13-31(24(35)36)14-12-29(4)18(19(31)15-26)7-8-22-27(2)16-20(33)23(34)28(3,17-32)21(27)9-10-30(22,29)5/h7,19-23,32-34H,8-17H2,1-6H3,(H,35,36)/t19-,20+,21+,22-,23+,26+,27+,28+,29-,30-,31+/m1/s1. The molecule has 7 heteroatoms. The molecule has 4 fully saturated rings. The quantitative estimate of drug-likeness (QED) is 0.315. The third kappa shape index (κ3) is 3.24. The third-order valence-corrected chi connectivity index (χ3v) is 13.6. The van der Waals surface area contributed by atoms with Gasteiger partial charge in [0.1, 0.15) is 0 Å². The van der Waals surface area contributed by atoms with Gasteiger partial charge in [0.2, 0.25) is 0 Å². The van der Waals surface area contributed by atoms with Crippen LogP contribution in [-0.4, -0.2) is 58.3 Å². The predicted molar refractivity (Wildman–Crippen MR) is 142 cm³/mol. The molecule has 0 bridgehead atoms. The first-order chi connectivity index (χ1) is 17.6. The fourth-order valence-electron chi connectivity index (χ4n) is 11.0. The van der Waals surface area contributed by atoms with Crippen LogP contribution in [0, 0.1) is 50.2 Å². The maximum Gasteiger partial charge on any atom is 0.311 e. The Morgan fingerprint density at radius 2 is 1.63 bits per heavy atom. The number of carbonyl (C=O) groups is 2. The highest BCUT2D eigenvalue weighted by atomic mass is 16.5. The van der Waals surface area contributed by atoms with Crippen molar-refractivity contribution in [1.82, 2.24) is 0 Å². The Morgan fingerprint density at radius 1 is 0.974 bits per heavy atom. The molecule has 4 N–H and O–H groups in total. The lowest BCUT2D eigenvalue weighted by Crippen LogP contribution is -2.68. The summed E-state index contributed by atoms with van der Waals surface area (Å²) in [5, 5.41) is 43.0. The molecule has 7 nitrogen and oxygen atoms in total. The van der Waals surface area contributed by atoms with Crippen LogP contribution in [0.1, 0.15) is 92.4 Å². The van der Waals surface area contributed by atoms with E-state index < -0.39 is 34.4 Å². The summed E-state index contributed by atoms with van der Waals surface area (Å²) in [6, 6.07) is 0. The summed E-state index contributed by atoms with van der Waals surface area (Å²) < 4.78 is 5.18. The second-order valence-electron chi connectivity index (χ2n) is 14.9. The van der Waals surface area contributed by atoms with E-state index in [4.69, 9.17) is 4.74 Å². The molecule has 0 radical (unpaired) electrons. The molecule has 0 spiro atoms. The number of esters is 1. The summed E-state index contributed by atoms with van der Waals surface area (Å²) in [7, 11) is 1.41. The normalized spacial score (nSPS) is 53.9. The molecule has 0 aliphatic heterocycles. The van der Waals surface area contributed by atoms with Crippen LogP contribution in [0.4, 0.5) is 0 Å². The summed E-state index contributed by atoms with van der Waals surface area (Å²) in [4.78, 5) is 25.8. The fourth-order valence-corrected chi connectivity index (χ4v) is 11.0. The van der Waals surface area contributed by atoms with Gasteiger partial charge < -0.3 is 25.2 Å². The van der Waals surface area contributed by atoms with Gasteiger partial charge in [0.15, 0.2) is 0 Å². The monoisotopic (exact) mass is 532 g/mol. The predicted octanol–water partition coefficient (Wildman–Crippen LogP) is 4.33. The van der Waals surface area contributed by atoms with Crippen LogP contribution in [0.3, 0.4) is 0 Å². The van der Waals surface area contributed by atoms with E-state index in [1.165, 1.54) is 12.7 Å². The smallest absolute Gasteiger partial charge is 0.311 e. The highest BCUT2D eigenvalue weighted by Crippen LogP contribution is 2.75. The second kappa shape index (κ2) is 8.53. The van der Waals surface area contributed by atoms with E-state index in [9.17, 15) is 30.0 Å². The van der Waals surface area contributed by atoms with Gasteiger partial charge in [-0.05, 0) is 98.7 Å². The van der Waals surface area contributed by atoms with E-state index in [2.05, 4.69) is 26.8 Å². The minimum absolute atomic E-state index is 0.0778. The SMILES string of the molecule is COC(=O)[C@@]1(C)CC[C@]2(C(=O)O)CC[C@]3(C)C(=CC[C@@H]4[C@@]5(C)C[C@H](O)[C@H](O)[C@@](C)(CO)[C@H]5CC[C@]43C)[C@H]2C1. The number of carboxylic acid groups (broad SMARTS) is 1. The Bertz CT molecular complexity index is 1050. The molecule has 0 aromatic carbocycles. The van der Waals surface area contributed by atoms with Crippen molar-refractivity contribution >= 4 is 11.9 Å². The van der Waals surface area contributed by atoms with Crippen molar-refractivity contribution in [3.05, 3.63) is 11.6 Å². The summed E-state index contributed by atoms with van der Waals surface area (Å²) in [6.45, 7) is 10.6. The molecule has 4 saturated carbocycles. The zero-order chi connectivity index (χ0) is 28.1. The van der Waals surface area contributed by atoms with Crippen molar-refractivity contribution < 1.29 is 34.8 Å². The number of aliphatic hydroxyl groups excluding tert-OH is 3. The number of rotatable bonds is 3. The number of hydrogen-bond acceptors (Lipinski definition) is 6. The average Bonchev–Trinajstić information content (AvgIpc) is 2.87. The van der Waals surface area contributed by atoms with Gasteiger partial charge >= 0.3 is 11.9 Å². The first-order valence-electron chi connectivity index (χ1n) is 14.6. The van der Waals surface area contributed by atoms with Gasteiger partial charge in [0, 0.05) is 5.41 Å². The van der Waals surface area contributed by atoms with Crippen LogP contribution in [0.25, 0.3) is 0 Å². The Balaban J connectivity index is 1.61. The maximum absolute atomic E-state index is 12.9. The molecule has 0 aromatic heterocycles. The Hall–Kier alpha value is -1.44. The van der Waals surface area contributed by atoms with Crippen LogP contribution < -0.4 is 0 Å². The number of methoxy groups -OCH3 is 1. The van der Waals surface area contributed by atoms with E-state index >= 15 is 0 Å². The van der Waals surface area contributed by atoms with Crippen molar-refractivity contribution in [2.45, 2.75) is 105 Å². The van der Waals surface area contributed by atoms with Crippen LogP contribution in [-0.2, 0) is 14.3 Å². The van der Waals surface area contributed by atoms with Gasteiger partial charge in [-0.25, -0.2) is 0 Å². The number of aliphatic carboxylic acids is 1. The summed E-state index contributed by atoms with van der Waals surface area (Å²) >= 11 is 0. The molecule has 38 heavy (non-hydrogen) atoms. The zero-order valence-corrected chi connectivity index (χ0v) is 24.0. The number of fused-ring (bicyclic) bond motifs is 7. The van der Waals surface area contributed by atoms with Crippen molar-refractivity contribution in [3.8, 4) is 0 Å². The minimum Gasteiger partial charge on any atom is -0.481 e. The topological polar surface area (TPSA) is 124 Å². The lowest BCUT2D eigenvalue weighted by Gasteiger charge is -2.71. The van der Waals surface area contributed by atoms with E-state index in [0.717, 1.165) is 25.7 Å². The largest absolute Gasteiger partial charge is 0.481 e. The average molecular weight is 533 g/mol. The summed E-state index contributed by atoms with van der Waals surface area (Å²) in [6.07, 6.45) is 6.37. The minimum atomic E-state index is -0.954. The Labute approximate surface area is 227 Å². The third-order valence-electron chi connectivity index (χ3n) is 13.6. The fraction of sp³-hybridized carbons (Fsp3) is 0.871. The molecule has 0 aromatic rings. The van der Waals surface area contributed by atoms with E-state index in [-0.39, 0.29) is 46.6 Å². The molecule has 0 saturated heterocycles. The molecule has 0 amide bonds. The van der Waals surface area contributed by atoms with E-state index in [1.807, 2.05) is 13.8 Å². The molecule has 0 heterocycles. The van der Waals surface area contributed by atoms with Crippen molar-refractivity contribution in [3.63, 3.8) is 0 Å². The first kappa shape index (κ1) is 28.1. The molecule has 5 aliphatic rings. The molecule has 5 rings (SSSR count). The Kier molecular flexibility index (Phi) is 6.31. The number of hydrogen-bond donors (Lipinski definition) is 4. The van der Waals surface area contributed by atoms with Crippen LogP contribution in [0.15, 0.2) is 11.6 Å². The van der Waals surface area contributed by atoms with Gasteiger partial charge in [-0.3, -0.25) is 9.59 Å². The molecule has 0 unspecified atom stereocenters. The number of allylic oxidation sites excluding steroid dienone is 2. The number of ether oxygens (including phenoxy) is 1. The van der Waals surface area contributed by atoms with Crippen molar-refractivity contribution in [1.29, 1.82) is 0 Å². The zero-order valence-electron chi connectivity index (χ0n) is 24.0. The van der Waals surface area contributed by atoms with Crippen LogP contribution in [0.2, 0.25) is 0 Å². The van der Waals surface area contributed by atoms with Crippen LogP contribution in [0.5, 0.6) is 0 Å². The summed E-state index contributed by atoms with van der Waals surface area (Å²) in [5.74, 6) is -0.919. The van der Waals surface area contributed by atoms with Gasteiger partial charge in [0.05, 0.1) is 36.8 Å². The van der Waals surface area contributed by atoms with Crippen LogP contribution >= 0.6 is 0 Å². The van der Waals surface area contributed by atoms with Gasteiger partial charge in [-0.1, -0.05) is 39.3 Å². The number of carbonyl (C=O) groups excluding carboxylic acids is 1. The van der Waals surface area contributed by atoms with E-state index in [1.54, 1.807) is 0 Å². The van der Waals surface area contributed by atoms with Crippen molar-refractivity contribution in [2.75, 3.05) is 13.7 Å². The molecule has 214 valence electrons. The summed E-state index contributed by atoms with van der Waals surface area (Å²) in [5.41, 5.74) is -1.76. The van der Waals surface area contributed by atoms with Crippen molar-refractivity contribution in [2.24, 2.45) is 50.2 Å². The second-order valence-corrected chi connectivity index (χ2v) is 14.9. The van der Waals surface area contributed by atoms with Gasteiger partial charge in [-0.15, -0.1) is 0 Å². The lowest BCUT2D eigenvalue weighted by atomic mass is 9.33. The van der Waals surface area contributed by atoms with E-state index in [0.29, 0.717) is 32.1 Å². The number of aliphatic hydroxyl groups is 3. The Morgan fingerprint density at radius 3 is 2.24 bits per heavy atom. The highest BCUT2D eigenvalue weighted by Gasteiger charge is 2.71. The van der Waals surface area contributed by atoms with Gasteiger partial charge in [-0.2, -0.15) is 0 Å². The molecule has 11 atom stereocenters. The molecular formula is C31H48O7. The molecular weight excluding hydrogens is 484 g/mol. The first-order valence-corrected chi connectivity index (χ1v) is 14.6. The maximum atomic E-state index is 12.9. The highest BCUT2D eigenvalue weighted by molar-refractivity contribution is 5.80. The number of carboxylic acids is 1. The molecule has 5 aliphatic carbocycles.